The average Bonchev–Trinajstić information content (AvgIpc) is 2.46. The van der Waals surface area contributed by atoms with Gasteiger partial charge in [-0.2, -0.15) is 0 Å². The maximum absolute atomic E-state index is 11.3. The first-order valence-electron chi connectivity index (χ1n) is 6.43. The largest absolute Gasteiger partial charge is 0.397 e. The van der Waals surface area contributed by atoms with Crippen molar-refractivity contribution in [3.05, 3.63) is 46.5 Å². The van der Waals surface area contributed by atoms with Crippen molar-refractivity contribution in [1.29, 1.82) is 0 Å². The van der Waals surface area contributed by atoms with Crippen LogP contribution in [0.5, 0.6) is 0 Å². The van der Waals surface area contributed by atoms with E-state index in [2.05, 4.69) is 4.98 Å². The number of para-hydroxylation sites is 1. The summed E-state index contributed by atoms with van der Waals surface area (Å²) in [5, 5.41) is 12.4. The fourth-order valence-electron chi connectivity index (χ4n) is 2.52. The minimum atomic E-state index is -0.422. The van der Waals surface area contributed by atoms with Gasteiger partial charge in [0.25, 0.3) is 5.69 Å². The molecule has 21 heavy (non-hydrogen) atoms. The maximum Gasteiger partial charge on any atom is 0.281 e. The quantitative estimate of drug-likeness (QED) is 0.443. The van der Waals surface area contributed by atoms with Gasteiger partial charge >= 0.3 is 0 Å². The van der Waals surface area contributed by atoms with Crippen LogP contribution in [0.1, 0.15) is 0 Å². The van der Waals surface area contributed by atoms with Crippen LogP contribution in [-0.4, -0.2) is 24.0 Å². The number of benzene rings is 2. The standard InChI is InChI=1S/C15H14N4O2/c1-18(2)12-8-7-11(19(20)21)13-14(16)9-5-3-4-6-10(9)17-15(12)13/h3-8H,1-2H3,(H2,16,17). The molecule has 0 saturated carbocycles. The normalized spacial score (nSPS) is 11.0. The highest BCUT2D eigenvalue weighted by Gasteiger charge is 2.20. The third kappa shape index (κ3) is 1.92. The predicted octanol–water partition coefficient (Wildman–Crippen LogP) is 2.94. The molecule has 2 N–H and O–H groups in total. The second kappa shape index (κ2) is 4.59. The highest BCUT2D eigenvalue weighted by Crippen LogP contribution is 2.38. The van der Waals surface area contributed by atoms with E-state index in [1.165, 1.54) is 6.07 Å². The van der Waals surface area contributed by atoms with E-state index in [9.17, 15) is 10.1 Å². The zero-order chi connectivity index (χ0) is 15.1. The molecule has 0 radical (unpaired) electrons. The lowest BCUT2D eigenvalue weighted by atomic mass is 10.1. The zero-order valence-electron chi connectivity index (χ0n) is 11.7. The van der Waals surface area contributed by atoms with E-state index >= 15 is 0 Å². The van der Waals surface area contributed by atoms with Crippen molar-refractivity contribution in [2.75, 3.05) is 24.7 Å². The molecule has 0 atom stereocenters. The van der Waals surface area contributed by atoms with Gasteiger partial charge < -0.3 is 10.6 Å². The molecule has 0 saturated heterocycles. The van der Waals surface area contributed by atoms with Gasteiger partial charge in [0.15, 0.2) is 0 Å². The summed E-state index contributed by atoms with van der Waals surface area (Å²) in [6.45, 7) is 0. The Morgan fingerprint density at radius 1 is 1.19 bits per heavy atom. The number of hydrogen-bond acceptors (Lipinski definition) is 5. The molecule has 6 nitrogen and oxygen atoms in total. The topological polar surface area (TPSA) is 85.3 Å². The first-order valence-corrected chi connectivity index (χ1v) is 6.43. The smallest absolute Gasteiger partial charge is 0.281 e. The molecule has 106 valence electrons. The number of nitro groups is 1. The summed E-state index contributed by atoms with van der Waals surface area (Å²) < 4.78 is 0. The summed E-state index contributed by atoms with van der Waals surface area (Å²) in [6.07, 6.45) is 0. The van der Waals surface area contributed by atoms with Crippen molar-refractivity contribution in [2.45, 2.75) is 0 Å². The Bertz CT molecular complexity index is 874. The molecule has 0 fully saturated rings. The number of fused-ring (bicyclic) bond motifs is 2. The molecule has 0 amide bonds. The molecule has 3 rings (SSSR count). The van der Waals surface area contributed by atoms with Crippen LogP contribution in [-0.2, 0) is 0 Å². The second-order valence-electron chi connectivity index (χ2n) is 5.02. The van der Waals surface area contributed by atoms with Crippen LogP contribution >= 0.6 is 0 Å². The highest BCUT2D eigenvalue weighted by molar-refractivity contribution is 6.13. The lowest BCUT2D eigenvalue weighted by Gasteiger charge is -2.16. The van der Waals surface area contributed by atoms with Gasteiger partial charge in [-0.15, -0.1) is 0 Å². The molecule has 6 heteroatoms. The van der Waals surface area contributed by atoms with Crippen molar-refractivity contribution < 1.29 is 4.92 Å². The molecule has 1 heterocycles. The number of aromatic nitrogens is 1. The Labute approximate surface area is 120 Å². The van der Waals surface area contributed by atoms with Crippen LogP contribution in [0.4, 0.5) is 17.1 Å². The number of nitrogens with zero attached hydrogens (tertiary/aromatic N) is 3. The predicted molar refractivity (Wildman–Crippen MR) is 84.6 cm³/mol. The van der Waals surface area contributed by atoms with E-state index in [1.54, 1.807) is 6.07 Å². The molecule has 3 aromatic rings. The van der Waals surface area contributed by atoms with E-state index < -0.39 is 4.92 Å². The number of pyridine rings is 1. The van der Waals surface area contributed by atoms with E-state index in [0.717, 1.165) is 16.6 Å². The molecule has 1 aromatic heterocycles. The monoisotopic (exact) mass is 282 g/mol. The van der Waals surface area contributed by atoms with Crippen molar-refractivity contribution >= 4 is 38.9 Å². The first-order chi connectivity index (χ1) is 10.0. The maximum atomic E-state index is 11.3. The Morgan fingerprint density at radius 3 is 2.57 bits per heavy atom. The molecule has 0 aliphatic rings. The lowest BCUT2D eigenvalue weighted by Crippen LogP contribution is -2.10. The van der Waals surface area contributed by atoms with Gasteiger partial charge in [-0.25, -0.2) is 4.98 Å². The van der Waals surface area contributed by atoms with E-state index in [1.807, 2.05) is 43.3 Å². The van der Waals surface area contributed by atoms with Gasteiger partial charge in [0.2, 0.25) is 0 Å². The van der Waals surface area contributed by atoms with Crippen LogP contribution < -0.4 is 10.6 Å². The van der Waals surface area contributed by atoms with Gasteiger partial charge in [-0.3, -0.25) is 10.1 Å². The van der Waals surface area contributed by atoms with Crippen LogP contribution in [0.15, 0.2) is 36.4 Å². The van der Waals surface area contributed by atoms with Crippen LogP contribution in [0.2, 0.25) is 0 Å². The number of anilines is 2. The first kappa shape index (κ1) is 13.1. The van der Waals surface area contributed by atoms with Crippen LogP contribution in [0, 0.1) is 10.1 Å². The van der Waals surface area contributed by atoms with E-state index in [-0.39, 0.29) is 5.69 Å². The SMILES string of the molecule is CN(C)c1ccc([N+](=O)[O-])c2c(N)c3ccccc3nc12. The third-order valence-corrected chi connectivity index (χ3v) is 3.51. The number of non-ortho nitro benzene ring substituents is 1. The van der Waals surface area contributed by atoms with Crippen molar-refractivity contribution in [1.82, 2.24) is 4.98 Å². The molecule has 0 spiro atoms. The van der Waals surface area contributed by atoms with Crippen molar-refractivity contribution in [3.63, 3.8) is 0 Å². The minimum absolute atomic E-state index is 0.0219. The Kier molecular flexibility index (Phi) is 2.86. The summed E-state index contributed by atoms with van der Waals surface area (Å²) in [7, 11) is 3.74. The van der Waals surface area contributed by atoms with E-state index in [4.69, 9.17) is 5.73 Å². The fourth-order valence-corrected chi connectivity index (χ4v) is 2.52. The van der Waals surface area contributed by atoms with Gasteiger partial charge in [-0.05, 0) is 12.1 Å². The second-order valence-corrected chi connectivity index (χ2v) is 5.02. The summed E-state index contributed by atoms with van der Waals surface area (Å²) in [5.74, 6) is 0. The van der Waals surface area contributed by atoms with Gasteiger partial charge in [0, 0.05) is 25.5 Å². The summed E-state index contributed by atoms with van der Waals surface area (Å²) >= 11 is 0. The molecule has 0 bridgehead atoms. The van der Waals surface area contributed by atoms with Crippen molar-refractivity contribution in [3.8, 4) is 0 Å². The average molecular weight is 282 g/mol. The van der Waals surface area contributed by atoms with Gasteiger partial charge in [-0.1, -0.05) is 18.2 Å². The fraction of sp³-hybridized carbons (Fsp3) is 0.133. The Balaban J connectivity index is 2.58. The van der Waals surface area contributed by atoms with E-state index in [0.29, 0.717) is 16.6 Å². The molecule has 0 unspecified atom stereocenters. The number of nitrogens with two attached hydrogens (primary N) is 1. The zero-order valence-corrected chi connectivity index (χ0v) is 11.7. The molecular weight excluding hydrogens is 268 g/mol. The lowest BCUT2D eigenvalue weighted by molar-refractivity contribution is -0.383. The number of nitrogen functional groups attached to an aromatic ring is 1. The summed E-state index contributed by atoms with van der Waals surface area (Å²) in [4.78, 5) is 17.3. The molecule has 0 aliphatic carbocycles. The Hall–Kier alpha value is -2.89. The molecule has 2 aromatic carbocycles. The van der Waals surface area contributed by atoms with Crippen LogP contribution in [0.25, 0.3) is 21.8 Å². The number of rotatable bonds is 2. The summed E-state index contributed by atoms with van der Waals surface area (Å²) in [5.41, 5.74) is 8.65. The third-order valence-electron chi connectivity index (χ3n) is 3.51. The van der Waals surface area contributed by atoms with Gasteiger partial charge in [0.05, 0.1) is 21.8 Å². The summed E-state index contributed by atoms with van der Waals surface area (Å²) in [6, 6.07) is 10.6. The van der Waals surface area contributed by atoms with Gasteiger partial charge in [0.1, 0.15) is 10.9 Å². The van der Waals surface area contributed by atoms with Crippen LogP contribution in [0.3, 0.4) is 0 Å². The highest BCUT2D eigenvalue weighted by atomic mass is 16.6. The Morgan fingerprint density at radius 2 is 1.90 bits per heavy atom. The number of hydrogen-bond donors (Lipinski definition) is 1. The number of nitro benzene ring substituents is 1. The molecule has 0 aliphatic heterocycles. The molecular formula is C15H14N4O2. The minimum Gasteiger partial charge on any atom is -0.397 e. The van der Waals surface area contributed by atoms with Crippen molar-refractivity contribution in [2.24, 2.45) is 0 Å².